The molecule has 2 N–H and O–H groups in total. The minimum atomic E-state index is -0.846. The average molecular weight is 213 g/mol. The van der Waals surface area contributed by atoms with Crippen LogP contribution in [0.2, 0.25) is 0 Å². The quantitative estimate of drug-likeness (QED) is 0.603. The van der Waals surface area contributed by atoms with Crippen molar-refractivity contribution in [2.75, 3.05) is 0 Å². The molecule has 2 saturated carbocycles. The van der Waals surface area contributed by atoms with E-state index < -0.39 is 18.3 Å². The monoisotopic (exact) mass is 213 g/mol. The number of aliphatic hydroxyl groups is 2. The van der Waals surface area contributed by atoms with Gasteiger partial charge in [-0.25, -0.2) is 5.06 Å². The molecule has 6 atom stereocenters. The van der Waals surface area contributed by atoms with Crippen molar-refractivity contribution in [3.8, 4) is 0 Å². The molecule has 0 aromatic carbocycles. The lowest BCUT2D eigenvalue weighted by molar-refractivity contribution is -0.240. The van der Waals surface area contributed by atoms with Gasteiger partial charge in [0.1, 0.15) is 18.3 Å². The molecule has 5 heteroatoms. The van der Waals surface area contributed by atoms with Crippen molar-refractivity contribution >= 4 is 5.91 Å². The normalized spacial score (nSPS) is 52.3. The molecule has 0 spiro atoms. The van der Waals surface area contributed by atoms with Crippen molar-refractivity contribution in [1.82, 2.24) is 5.06 Å². The van der Waals surface area contributed by atoms with E-state index in [0.717, 1.165) is 6.42 Å². The molecule has 0 aromatic heterocycles. The molecule has 1 amide bonds. The minimum absolute atomic E-state index is 0.0269. The van der Waals surface area contributed by atoms with Crippen LogP contribution in [0, 0.1) is 11.8 Å². The van der Waals surface area contributed by atoms with Crippen LogP contribution in [-0.2, 0) is 9.63 Å². The Hall–Kier alpha value is -0.650. The highest BCUT2D eigenvalue weighted by molar-refractivity contribution is 5.81. The summed E-state index contributed by atoms with van der Waals surface area (Å²) in [6, 6.07) is -0.342. The van der Waals surface area contributed by atoms with E-state index in [1.54, 1.807) is 0 Å². The summed E-state index contributed by atoms with van der Waals surface area (Å²) < 4.78 is 0. The number of carbonyl (C=O) groups is 1. The predicted molar refractivity (Wildman–Crippen MR) is 49.4 cm³/mol. The SMILES string of the molecule is C[C@@H]1C[C@H]1C(=O)N1O[C@@H]2C[C@H]1[C@@H](O)[C@H]2O. The van der Waals surface area contributed by atoms with Gasteiger partial charge >= 0.3 is 0 Å². The lowest BCUT2D eigenvalue weighted by atomic mass is 10.1. The molecule has 1 heterocycles. The molecular weight excluding hydrogens is 198 g/mol. The van der Waals surface area contributed by atoms with Crippen LogP contribution in [0.15, 0.2) is 0 Å². The van der Waals surface area contributed by atoms with Gasteiger partial charge in [0, 0.05) is 12.3 Å². The minimum Gasteiger partial charge on any atom is -0.388 e. The lowest BCUT2D eigenvalue weighted by Gasteiger charge is -2.32. The van der Waals surface area contributed by atoms with Crippen molar-refractivity contribution in [3.05, 3.63) is 0 Å². The number of fused-ring (bicyclic) bond motifs is 2. The molecule has 15 heavy (non-hydrogen) atoms. The molecule has 3 fully saturated rings. The molecule has 0 radical (unpaired) electrons. The number of hydrogen-bond acceptors (Lipinski definition) is 4. The number of rotatable bonds is 1. The number of hydroxylamine groups is 2. The van der Waals surface area contributed by atoms with Crippen molar-refractivity contribution in [3.63, 3.8) is 0 Å². The molecule has 2 bridgehead atoms. The third kappa shape index (κ3) is 1.23. The Bertz CT molecular complexity index is 306. The van der Waals surface area contributed by atoms with Gasteiger partial charge in [-0.3, -0.25) is 9.63 Å². The van der Waals surface area contributed by atoms with E-state index in [1.165, 1.54) is 5.06 Å². The molecule has 3 aliphatic rings. The fourth-order valence-electron chi connectivity index (χ4n) is 2.57. The van der Waals surface area contributed by atoms with Gasteiger partial charge in [0.2, 0.25) is 5.91 Å². The zero-order chi connectivity index (χ0) is 10.7. The third-order valence-electron chi connectivity index (χ3n) is 3.79. The molecule has 0 unspecified atom stereocenters. The molecule has 1 saturated heterocycles. The predicted octanol–water partition coefficient (Wildman–Crippen LogP) is -0.721. The Kier molecular flexibility index (Phi) is 1.87. The maximum absolute atomic E-state index is 11.9. The first-order valence-corrected chi connectivity index (χ1v) is 5.45. The van der Waals surface area contributed by atoms with Crippen molar-refractivity contribution in [2.45, 2.75) is 44.1 Å². The summed E-state index contributed by atoms with van der Waals surface area (Å²) in [4.78, 5) is 17.2. The highest BCUT2D eigenvalue weighted by Crippen LogP contribution is 2.43. The molecule has 84 valence electrons. The molecule has 2 aliphatic carbocycles. The van der Waals surface area contributed by atoms with E-state index in [0.29, 0.717) is 12.3 Å². The first-order valence-electron chi connectivity index (χ1n) is 5.45. The van der Waals surface area contributed by atoms with Gasteiger partial charge in [0.05, 0.1) is 6.04 Å². The van der Waals surface area contributed by atoms with Crippen molar-refractivity contribution < 1.29 is 19.8 Å². The van der Waals surface area contributed by atoms with E-state index in [4.69, 9.17) is 4.84 Å². The standard InChI is InChI=1S/C10H15NO4/c1-4-2-5(4)10(14)11-6-3-7(15-11)9(13)8(6)12/h4-9,12-13H,2-3H2,1H3/t4-,5-,6+,7-,8-,9+/m1/s1. The largest absolute Gasteiger partial charge is 0.388 e. The lowest BCUT2D eigenvalue weighted by Crippen LogP contribution is -2.51. The molecule has 5 nitrogen and oxygen atoms in total. The summed E-state index contributed by atoms with van der Waals surface area (Å²) >= 11 is 0. The van der Waals surface area contributed by atoms with Crippen LogP contribution in [0.1, 0.15) is 19.8 Å². The Labute approximate surface area is 87.6 Å². The third-order valence-corrected chi connectivity index (χ3v) is 3.79. The van der Waals surface area contributed by atoms with E-state index in [1.807, 2.05) is 6.92 Å². The smallest absolute Gasteiger partial charge is 0.249 e. The first kappa shape index (κ1) is 9.57. The molecule has 3 rings (SSSR count). The molecule has 1 aliphatic heterocycles. The Balaban J connectivity index is 1.73. The topological polar surface area (TPSA) is 70.0 Å². The Morgan fingerprint density at radius 1 is 1.33 bits per heavy atom. The van der Waals surface area contributed by atoms with Crippen LogP contribution >= 0.6 is 0 Å². The maximum Gasteiger partial charge on any atom is 0.249 e. The van der Waals surface area contributed by atoms with Crippen LogP contribution in [0.4, 0.5) is 0 Å². The summed E-state index contributed by atoms with van der Waals surface area (Å²) in [5.41, 5.74) is 0. The number of hydrogen-bond donors (Lipinski definition) is 2. The van der Waals surface area contributed by atoms with Gasteiger partial charge < -0.3 is 10.2 Å². The Morgan fingerprint density at radius 3 is 2.47 bits per heavy atom. The highest BCUT2D eigenvalue weighted by atomic mass is 16.7. The number of amides is 1. The zero-order valence-electron chi connectivity index (χ0n) is 8.54. The van der Waals surface area contributed by atoms with Gasteiger partial charge in [0.25, 0.3) is 0 Å². The van der Waals surface area contributed by atoms with E-state index >= 15 is 0 Å². The summed E-state index contributed by atoms with van der Waals surface area (Å²) in [5.74, 6) is 0.469. The fourth-order valence-corrected chi connectivity index (χ4v) is 2.57. The fraction of sp³-hybridized carbons (Fsp3) is 0.900. The van der Waals surface area contributed by atoms with Gasteiger partial charge in [-0.05, 0) is 12.3 Å². The van der Waals surface area contributed by atoms with E-state index in [-0.39, 0.29) is 17.9 Å². The van der Waals surface area contributed by atoms with Crippen LogP contribution in [0.3, 0.4) is 0 Å². The summed E-state index contributed by atoms with van der Waals surface area (Å²) in [6.07, 6.45) is -0.621. The van der Waals surface area contributed by atoms with Gasteiger partial charge in [-0.15, -0.1) is 0 Å². The van der Waals surface area contributed by atoms with Gasteiger partial charge in [-0.1, -0.05) is 6.92 Å². The number of nitrogens with zero attached hydrogens (tertiary/aromatic N) is 1. The van der Waals surface area contributed by atoms with Crippen molar-refractivity contribution in [2.24, 2.45) is 11.8 Å². The van der Waals surface area contributed by atoms with Crippen LogP contribution in [0.5, 0.6) is 0 Å². The average Bonchev–Trinajstić information content (AvgIpc) is 2.71. The van der Waals surface area contributed by atoms with Crippen molar-refractivity contribution in [1.29, 1.82) is 0 Å². The summed E-state index contributed by atoms with van der Waals surface area (Å²) in [6.45, 7) is 2.03. The first-order chi connectivity index (χ1) is 7.09. The number of carbonyl (C=O) groups excluding carboxylic acids is 1. The van der Waals surface area contributed by atoms with Crippen LogP contribution < -0.4 is 0 Å². The van der Waals surface area contributed by atoms with Gasteiger partial charge in [0.15, 0.2) is 0 Å². The number of aliphatic hydroxyl groups excluding tert-OH is 2. The van der Waals surface area contributed by atoms with Crippen LogP contribution in [0.25, 0.3) is 0 Å². The Morgan fingerprint density at radius 2 is 2.00 bits per heavy atom. The maximum atomic E-state index is 11.9. The molecule has 0 aromatic rings. The zero-order valence-corrected chi connectivity index (χ0v) is 8.54. The second kappa shape index (κ2) is 2.93. The second-order valence-electron chi connectivity index (χ2n) is 4.91. The van der Waals surface area contributed by atoms with E-state index in [9.17, 15) is 15.0 Å². The second-order valence-corrected chi connectivity index (χ2v) is 4.91. The summed E-state index contributed by atoms with van der Waals surface area (Å²) in [5, 5.41) is 20.4. The van der Waals surface area contributed by atoms with E-state index in [2.05, 4.69) is 0 Å². The highest BCUT2D eigenvalue weighted by Gasteiger charge is 2.56. The van der Waals surface area contributed by atoms with Gasteiger partial charge in [-0.2, -0.15) is 0 Å². The summed E-state index contributed by atoms with van der Waals surface area (Å²) in [7, 11) is 0. The molecular formula is C10H15NO4. The van der Waals surface area contributed by atoms with Crippen LogP contribution in [-0.4, -0.2) is 45.5 Å².